The second kappa shape index (κ2) is 5.78. The number of hydrogen-bond donors (Lipinski definition) is 0. The molecule has 0 radical (unpaired) electrons. The van der Waals surface area contributed by atoms with Crippen molar-refractivity contribution in [2.75, 3.05) is 19.6 Å². The summed E-state index contributed by atoms with van der Waals surface area (Å²) in [7, 11) is 0. The fourth-order valence-electron chi connectivity index (χ4n) is 2.27. The molecule has 0 aliphatic carbocycles. The van der Waals surface area contributed by atoms with Crippen LogP contribution in [0.25, 0.3) is 0 Å². The van der Waals surface area contributed by atoms with E-state index in [9.17, 15) is 4.39 Å². The van der Waals surface area contributed by atoms with E-state index >= 15 is 0 Å². The van der Waals surface area contributed by atoms with Gasteiger partial charge in [0, 0.05) is 4.47 Å². The predicted molar refractivity (Wildman–Crippen MR) is 68.1 cm³/mol. The fraction of sp³-hybridized carbons (Fsp3) is 0.538. The second-order valence-corrected chi connectivity index (χ2v) is 5.35. The molecule has 1 nitrogen and oxygen atoms in total. The molecule has 2 rings (SSSR count). The first-order chi connectivity index (χ1) is 7.74. The maximum Gasteiger partial charge on any atom is 0.124 e. The molecule has 3 heteroatoms. The number of benzene rings is 1. The fourth-order valence-corrected chi connectivity index (χ4v) is 2.78. The van der Waals surface area contributed by atoms with Gasteiger partial charge in [0.1, 0.15) is 5.82 Å². The average molecular weight is 286 g/mol. The van der Waals surface area contributed by atoms with E-state index in [0.717, 1.165) is 29.4 Å². The Morgan fingerprint density at radius 2 is 1.94 bits per heavy atom. The maximum atomic E-state index is 13.1. The average Bonchev–Trinajstić information content (AvgIpc) is 2.69. The quantitative estimate of drug-likeness (QED) is 0.817. The third kappa shape index (κ3) is 3.56. The molecule has 0 atom stereocenters. The maximum absolute atomic E-state index is 13.1. The standard InChI is InChI=1S/C13H17BrFN/c14-12-8-11(9-13(15)10-12)4-3-7-16-5-1-2-6-16/h8-10H,1-7H2. The van der Waals surface area contributed by atoms with E-state index in [4.69, 9.17) is 0 Å². The van der Waals surface area contributed by atoms with Gasteiger partial charge < -0.3 is 4.90 Å². The molecule has 0 unspecified atom stereocenters. The number of likely N-dealkylation sites (tertiary alicyclic amines) is 1. The van der Waals surface area contributed by atoms with Gasteiger partial charge in [0.05, 0.1) is 0 Å². The Hall–Kier alpha value is -0.410. The van der Waals surface area contributed by atoms with Gasteiger partial charge in [-0.1, -0.05) is 15.9 Å². The van der Waals surface area contributed by atoms with Crippen molar-refractivity contribution in [3.63, 3.8) is 0 Å². The van der Waals surface area contributed by atoms with Crippen LogP contribution in [-0.2, 0) is 6.42 Å². The summed E-state index contributed by atoms with van der Waals surface area (Å²) >= 11 is 3.32. The minimum absolute atomic E-state index is 0.148. The topological polar surface area (TPSA) is 3.24 Å². The zero-order valence-electron chi connectivity index (χ0n) is 9.38. The first-order valence-corrected chi connectivity index (χ1v) is 6.71. The van der Waals surface area contributed by atoms with Crippen LogP contribution in [0.1, 0.15) is 24.8 Å². The molecular weight excluding hydrogens is 269 g/mol. The van der Waals surface area contributed by atoms with Gasteiger partial charge in [-0.05, 0) is 69.1 Å². The molecule has 88 valence electrons. The molecule has 1 saturated heterocycles. The summed E-state index contributed by atoms with van der Waals surface area (Å²) in [4.78, 5) is 2.49. The smallest absolute Gasteiger partial charge is 0.124 e. The summed E-state index contributed by atoms with van der Waals surface area (Å²) in [5, 5.41) is 0. The number of halogens is 2. The van der Waals surface area contributed by atoms with Crippen molar-refractivity contribution < 1.29 is 4.39 Å². The molecular formula is C13H17BrFN. The van der Waals surface area contributed by atoms with Crippen molar-refractivity contribution in [2.24, 2.45) is 0 Å². The molecule has 0 aromatic heterocycles. The van der Waals surface area contributed by atoms with Gasteiger partial charge in [-0.3, -0.25) is 0 Å². The molecule has 1 aromatic carbocycles. The normalized spacial score (nSPS) is 16.9. The van der Waals surface area contributed by atoms with Gasteiger partial charge in [-0.25, -0.2) is 4.39 Å². The van der Waals surface area contributed by atoms with E-state index in [1.165, 1.54) is 32.0 Å². The molecule has 1 aromatic rings. The summed E-state index contributed by atoms with van der Waals surface area (Å²) in [6, 6.07) is 5.14. The highest BCUT2D eigenvalue weighted by Crippen LogP contribution is 2.16. The Morgan fingerprint density at radius 1 is 1.19 bits per heavy atom. The van der Waals surface area contributed by atoms with Crippen molar-refractivity contribution >= 4 is 15.9 Å². The molecule has 0 spiro atoms. The minimum Gasteiger partial charge on any atom is -0.303 e. The minimum atomic E-state index is -0.148. The van der Waals surface area contributed by atoms with Gasteiger partial charge in [-0.15, -0.1) is 0 Å². The summed E-state index contributed by atoms with van der Waals surface area (Å²) in [6.07, 6.45) is 4.76. The number of aryl methyl sites for hydroxylation is 1. The molecule has 0 N–H and O–H groups in total. The lowest BCUT2D eigenvalue weighted by atomic mass is 10.1. The molecule has 16 heavy (non-hydrogen) atoms. The van der Waals surface area contributed by atoms with Crippen LogP contribution in [0.3, 0.4) is 0 Å². The molecule has 1 aliphatic rings. The zero-order valence-corrected chi connectivity index (χ0v) is 11.0. The van der Waals surface area contributed by atoms with Crippen molar-refractivity contribution in [2.45, 2.75) is 25.7 Å². The van der Waals surface area contributed by atoms with Gasteiger partial charge in [0.25, 0.3) is 0 Å². The number of rotatable bonds is 4. The Balaban J connectivity index is 1.80. The van der Waals surface area contributed by atoms with Gasteiger partial charge >= 0.3 is 0 Å². The van der Waals surface area contributed by atoms with Crippen LogP contribution in [0.5, 0.6) is 0 Å². The lowest BCUT2D eigenvalue weighted by Crippen LogP contribution is -2.20. The summed E-state index contributed by atoms with van der Waals surface area (Å²) < 4.78 is 14.0. The molecule has 0 saturated carbocycles. The van der Waals surface area contributed by atoms with Crippen LogP contribution < -0.4 is 0 Å². The first kappa shape index (κ1) is 12.1. The molecule has 0 bridgehead atoms. The van der Waals surface area contributed by atoms with Gasteiger partial charge in [-0.2, -0.15) is 0 Å². The van der Waals surface area contributed by atoms with E-state index in [1.807, 2.05) is 6.07 Å². The van der Waals surface area contributed by atoms with E-state index < -0.39 is 0 Å². The largest absolute Gasteiger partial charge is 0.303 e. The Morgan fingerprint density at radius 3 is 2.62 bits per heavy atom. The van der Waals surface area contributed by atoms with Crippen molar-refractivity contribution in [1.29, 1.82) is 0 Å². The van der Waals surface area contributed by atoms with Crippen LogP contribution in [0.4, 0.5) is 4.39 Å². The zero-order chi connectivity index (χ0) is 11.4. The van der Waals surface area contributed by atoms with Crippen molar-refractivity contribution in [1.82, 2.24) is 4.90 Å². The monoisotopic (exact) mass is 285 g/mol. The van der Waals surface area contributed by atoms with Crippen LogP contribution in [0, 0.1) is 5.82 Å². The lowest BCUT2D eigenvalue weighted by molar-refractivity contribution is 0.334. The van der Waals surface area contributed by atoms with Crippen molar-refractivity contribution in [3.8, 4) is 0 Å². The van der Waals surface area contributed by atoms with Gasteiger partial charge in [0.15, 0.2) is 0 Å². The second-order valence-electron chi connectivity index (χ2n) is 4.43. The summed E-state index contributed by atoms with van der Waals surface area (Å²) in [6.45, 7) is 3.63. The van der Waals surface area contributed by atoms with Crippen molar-refractivity contribution in [3.05, 3.63) is 34.1 Å². The number of hydrogen-bond acceptors (Lipinski definition) is 1. The van der Waals surface area contributed by atoms with E-state index in [2.05, 4.69) is 20.8 Å². The Kier molecular flexibility index (Phi) is 4.36. The molecule has 0 amide bonds. The Bertz CT molecular complexity index is 328. The Labute approximate surface area is 105 Å². The van der Waals surface area contributed by atoms with Gasteiger partial charge in [0.2, 0.25) is 0 Å². The lowest BCUT2D eigenvalue weighted by Gasteiger charge is -2.13. The van der Waals surface area contributed by atoms with Crippen LogP contribution in [-0.4, -0.2) is 24.5 Å². The third-order valence-corrected chi connectivity index (χ3v) is 3.52. The highest BCUT2D eigenvalue weighted by atomic mass is 79.9. The molecule has 1 heterocycles. The predicted octanol–water partition coefficient (Wildman–Crippen LogP) is 3.62. The van der Waals surface area contributed by atoms with E-state index in [1.54, 1.807) is 6.07 Å². The summed E-state index contributed by atoms with van der Waals surface area (Å²) in [5.41, 5.74) is 1.09. The first-order valence-electron chi connectivity index (χ1n) is 5.91. The highest BCUT2D eigenvalue weighted by molar-refractivity contribution is 9.10. The van der Waals surface area contributed by atoms with E-state index in [0.29, 0.717) is 0 Å². The van der Waals surface area contributed by atoms with Crippen LogP contribution >= 0.6 is 15.9 Å². The van der Waals surface area contributed by atoms with E-state index in [-0.39, 0.29) is 5.82 Å². The molecule has 1 fully saturated rings. The van der Waals surface area contributed by atoms with Crippen LogP contribution in [0.2, 0.25) is 0 Å². The SMILES string of the molecule is Fc1cc(Br)cc(CCCN2CCCC2)c1. The molecule has 1 aliphatic heterocycles. The summed E-state index contributed by atoms with van der Waals surface area (Å²) in [5.74, 6) is -0.148. The number of nitrogens with zero attached hydrogens (tertiary/aromatic N) is 1. The van der Waals surface area contributed by atoms with Crippen LogP contribution in [0.15, 0.2) is 22.7 Å². The third-order valence-electron chi connectivity index (χ3n) is 3.06. The highest BCUT2D eigenvalue weighted by Gasteiger charge is 2.10.